The third kappa shape index (κ3) is 4.69. The summed E-state index contributed by atoms with van der Waals surface area (Å²) in [7, 11) is 0. The number of aromatic nitrogens is 1. The zero-order valence-electron chi connectivity index (χ0n) is 17.5. The topological polar surface area (TPSA) is 48.5 Å². The zero-order chi connectivity index (χ0) is 20.9. The van der Waals surface area contributed by atoms with E-state index in [4.69, 9.17) is 4.98 Å². The number of carbonyl (C=O) groups excluding carboxylic acids is 1. The second-order valence-corrected chi connectivity index (χ2v) is 7.93. The van der Waals surface area contributed by atoms with Crippen LogP contribution in [0.5, 0.6) is 0 Å². The average Bonchev–Trinajstić information content (AvgIpc) is 2.78. The van der Waals surface area contributed by atoms with E-state index in [0.717, 1.165) is 55.0 Å². The summed E-state index contributed by atoms with van der Waals surface area (Å²) in [5.74, 6) is 0.786. The third-order valence-electron chi connectivity index (χ3n) is 5.44. The SMILES string of the molecule is C=C(C)CNC(=O)c1cc(N2CCN(Cc3ccccc3)CC2)nc2ccccc12. The van der Waals surface area contributed by atoms with Crippen molar-refractivity contribution in [1.29, 1.82) is 0 Å². The van der Waals surface area contributed by atoms with Gasteiger partial charge in [-0.15, -0.1) is 0 Å². The molecule has 30 heavy (non-hydrogen) atoms. The molecule has 5 nitrogen and oxygen atoms in total. The number of fused-ring (bicyclic) bond motifs is 1. The molecule has 0 atom stereocenters. The van der Waals surface area contributed by atoms with Crippen LogP contribution in [0.1, 0.15) is 22.8 Å². The van der Waals surface area contributed by atoms with Crippen molar-refractivity contribution in [2.75, 3.05) is 37.6 Å². The Morgan fingerprint density at radius 1 is 1.03 bits per heavy atom. The molecule has 0 bridgehead atoms. The van der Waals surface area contributed by atoms with Gasteiger partial charge in [0.2, 0.25) is 0 Å². The summed E-state index contributed by atoms with van der Waals surface area (Å²) in [5, 5.41) is 3.84. The maximum atomic E-state index is 12.8. The van der Waals surface area contributed by atoms with Crippen molar-refractivity contribution >= 4 is 22.6 Å². The van der Waals surface area contributed by atoms with E-state index in [1.807, 2.05) is 37.3 Å². The van der Waals surface area contributed by atoms with E-state index in [2.05, 4.69) is 52.0 Å². The Morgan fingerprint density at radius 3 is 2.47 bits per heavy atom. The van der Waals surface area contributed by atoms with Gasteiger partial charge >= 0.3 is 0 Å². The largest absolute Gasteiger partial charge is 0.354 e. The molecule has 1 aromatic heterocycles. The van der Waals surface area contributed by atoms with Crippen molar-refractivity contribution in [3.63, 3.8) is 0 Å². The van der Waals surface area contributed by atoms with E-state index in [1.165, 1.54) is 5.56 Å². The molecule has 5 heteroatoms. The highest BCUT2D eigenvalue weighted by molar-refractivity contribution is 6.07. The number of anilines is 1. The summed E-state index contributed by atoms with van der Waals surface area (Å²) in [6.45, 7) is 11.0. The van der Waals surface area contributed by atoms with Crippen molar-refractivity contribution in [3.05, 3.63) is 83.9 Å². The Balaban J connectivity index is 1.51. The number of hydrogen-bond acceptors (Lipinski definition) is 4. The van der Waals surface area contributed by atoms with E-state index >= 15 is 0 Å². The molecule has 1 aliphatic rings. The predicted octanol–water partition coefficient (Wildman–Crippen LogP) is 3.86. The second-order valence-electron chi connectivity index (χ2n) is 7.93. The maximum Gasteiger partial charge on any atom is 0.252 e. The number of rotatable bonds is 6. The van der Waals surface area contributed by atoms with Crippen molar-refractivity contribution < 1.29 is 4.79 Å². The molecule has 0 aliphatic carbocycles. The van der Waals surface area contributed by atoms with Gasteiger partial charge < -0.3 is 10.2 Å². The lowest BCUT2D eigenvalue weighted by Crippen LogP contribution is -2.46. The number of pyridine rings is 1. The minimum Gasteiger partial charge on any atom is -0.354 e. The van der Waals surface area contributed by atoms with Crippen molar-refractivity contribution in [2.45, 2.75) is 13.5 Å². The number of benzene rings is 2. The van der Waals surface area contributed by atoms with Crippen LogP contribution in [0.25, 0.3) is 10.9 Å². The van der Waals surface area contributed by atoms with E-state index in [-0.39, 0.29) is 5.91 Å². The second kappa shape index (κ2) is 9.09. The molecular weight excluding hydrogens is 372 g/mol. The lowest BCUT2D eigenvalue weighted by molar-refractivity contribution is 0.0958. The predicted molar refractivity (Wildman–Crippen MR) is 123 cm³/mol. The molecule has 1 aliphatic heterocycles. The average molecular weight is 401 g/mol. The number of nitrogens with zero attached hydrogens (tertiary/aromatic N) is 3. The fourth-order valence-electron chi connectivity index (χ4n) is 3.81. The first-order valence-corrected chi connectivity index (χ1v) is 10.4. The lowest BCUT2D eigenvalue weighted by atomic mass is 10.1. The molecule has 0 saturated carbocycles. The Hall–Kier alpha value is -3.18. The fourth-order valence-corrected chi connectivity index (χ4v) is 3.81. The molecule has 0 spiro atoms. The van der Waals surface area contributed by atoms with Crippen LogP contribution in [-0.4, -0.2) is 48.5 Å². The van der Waals surface area contributed by atoms with E-state index < -0.39 is 0 Å². The summed E-state index contributed by atoms with van der Waals surface area (Å²) in [6.07, 6.45) is 0. The van der Waals surface area contributed by atoms with E-state index in [9.17, 15) is 4.79 Å². The number of nitrogens with one attached hydrogen (secondary N) is 1. The molecule has 0 unspecified atom stereocenters. The molecule has 3 aromatic rings. The monoisotopic (exact) mass is 400 g/mol. The van der Waals surface area contributed by atoms with Crippen LogP contribution in [0.15, 0.2) is 72.8 Å². The first kappa shape index (κ1) is 20.1. The van der Waals surface area contributed by atoms with Crippen molar-refractivity contribution in [2.24, 2.45) is 0 Å². The normalized spacial score (nSPS) is 14.6. The molecule has 1 amide bonds. The van der Waals surface area contributed by atoms with Crippen LogP contribution in [0, 0.1) is 0 Å². The van der Waals surface area contributed by atoms with Crippen LogP contribution in [0.4, 0.5) is 5.82 Å². The van der Waals surface area contributed by atoms with Crippen molar-refractivity contribution in [3.8, 4) is 0 Å². The van der Waals surface area contributed by atoms with Gasteiger partial charge in [0.1, 0.15) is 5.82 Å². The molecule has 1 N–H and O–H groups in total. The van der Waals surface area contributed by atoms with Gasteiger partial charge in [-0.05, 0) is 24.6 Å². The molecular formula is C25H28N4O. The Morgan fingerprint density at radius 2 is 1.73 bits per heavy atom. The van der Waals surface area contributed by atoms with Gasteiger partial charge in [-0.25, -0.2) is 4.98 Å². The van der Waals surface area contributed by atoms with Crippen molar-refractivity contribution in [1.82, 2.24) is 15.2 Å². The smallest absolute Gasteiger partial charge is 0.252 e. The van der Waals surface area contributed by atoms with Gasteiger partial charge in [0.25, 0.3) is 5.91 Å². The number of piperazine rings is 1. The number of amides is 1. The first-order valence-electron chi connectivity index (χ1n) is 10.4. The quantitative estimate of drug-likeness (QED) is 0.639. The van der Waals surface area contributed by atoms with Gasteiger partial charge in [0, 0.05) is 44.7 Å². The van der Waals surface area contributed by atoms with E-state index in [1.54, 1.807) is 0 Å². The summed E-state index contributed by atoms with van der Waals surface area (Å²) in [6, 6.07) is 20.4. The summed E-state index contributed by atoms with van der Waals surface area (Å²) >= 11 is 0. The van der Waals surface area contributed by atoms with Gasteiger partial charge in [-0.2, -0.15) is 0 Å². The Bertz CT molecular complexity index is 1040. The zero-order valence-corrected chi connectivity index (χ0v) is 17.5. The highest BCUT2D eigenvalue weighted by Gasteiger charge is 2.21. The first-order chi connectivity index (χ1) is 14.6. The standard InChI is InChI=1S/C25H28N4O/c1-19(2)17-26-25(30)22-16-24(27-23-11-7-6-10-21(22)23)29-14-12-28(13-15-29)18-20-8-4-3-5-9-20/h3-11,16H,1,12-15,17-18H2,2H3,(H,26,30). The summed E-state index contributed by atoms with van der Waals surface area (Å²) in [4.78, 5) is 22.4. The fraction of sp³-hybridized carbons (Fsp3) is 0.280. The molecule has 2 aromatic carbocycles. The number of hydrogen-bond donors (Lipinski definition) is 1. The number of carbonyl (C=O) groups is 1. The summed E-state index contributed by atoms with van der Waals surface area (Å²) < 4.78 is 0. The van der Waals surface area contributed by atoms with E-state index in [0.29, 0.717) is 12.1 Å². The highest BCUT2D eigenvalue weighted by Crippen LogP contribution is 2.24. The van der Waals surface area contributed by atoms with Gasteiger partial charge in [-0.1, -0.05) is 60.7 Å². The lowest BCUT2D eigenvalue weighted by Gasteiger charge is -2.35. The Labute approximate surface area is 178 Å². The Kier molecular flexibility index (Phi) is 6.10. The minimum atomic E-state index is -0.0828. The molecule has 154 valence electrons. The number of para-hydroxylation sites is 1. The van der Waals surface area contributed by atoms with Crippen LogP contribution in [0.3, 0.4) is 0 Å². The molecule has 1 fully saturated rings. The minimum absolute atomic E-state index is 0.0828. The highest BCUT2D eigenvalue weighted by atomic mass is 16.1. The van der Waals surface area contributed by atoms with Crippen LogP contribution < -0.4 is 10.2 Å². The van der Waals surface area contributed by atoms with Crippen LogP contribution in [0.2, 0.25) is 0 Å². The van der Waals surface area contributed by atoms with Crippen LogP contribution >= 0.6 is 0 Å². The summed E-state index contributed by atoms with van der Waals surface area (Å²) in [5.41, 5.74) is 3.79. The maximum absolute atomic E-state index is 12.8. The molecule has 1 saturated heterocycles. The third-order valence-corrected chi connectivity index (χ3v) is 5.44. The molecule has 4 rings (SSSR count). The molecule has 0 radical (unpaired) electrons. The molecule has 2 heterocycles. The van der Waals surface area contributed by atoms with Crippen LogP contribution in [-0.2, 0) is 6.54 Å². The van der Waals surface area contributed by atoms with Gasteiger partial charge in [0.05, 0.1) is 11.1 Å². The van der Waals surface area contributed by atoms with Gasteiger partial charge in [0.15, 0.2) is 0 Å². The van der Waals surface area contributed by atoms with Gasteiger partial charge in [-0.3, -0.25) is 9.69 Å².